The highest BCUT2D eigenvalue weighted by Gasteiger charge is 2.37. The van der Waals surface area contributed by atoms with Crippen LogP contribution in [0.2, 0.25) is 0 Å². The van der Waals surface area contributed by atoms with E-state index in [0.29, 0.717) is 11.4 Å². The molecule has 8 heteroatoms. The Morgan fingerprint density at radius 3 is 2.50 bits per heavy atom. The summed E-state index contributed by atoms with van der Waals surface area (Å²) in [4.78, 5) is 26.4. The van der Waals surface area contributed by atoms with E-state index >= 15 is 0 Å². The first kappa shape index (κ1) is 23.7. The second-order valence-electron chi connectivity index (χ2n) is 10.2. The summed E-state index contributed by atoms with van der Waals surface area (Å²) in [5.74, 6) is -0.414. The van der Waals surface area contributed by atoms with E-state index in [1.807, 2.05) is 38.1 Å². The highest BCUT2D eigenvalue weighted by molar-refractivity contribution is 6.00. The maximum Gasteiger partial charge on any atom is 0.270 e. The highest BCUT2D eigenvalue weighted by Crippen LogP contribution is 2.40. The van der Waals surface area contributed by atoms with E-state index in [1.165, 1.54) is 4.68 Å². The molecule has 2 amide bonds. The molecule has 3 aromatic rings. The Kier molecular flexibility index (Phi) is 6.59. The molecule has 0 spiro atoms. The molecule has 2 heterocycles. The molecule has 0 saturated heterocycles. The number of anilines is 1. The molecule has 1 aliphatic carbocycles. The van der Waals surface area contributed by atoms with Gasteiger partial charge in [0.2, 0.25) is 5.91 Å². The number of nitrogens with one attached hydrogen (secondary N) is 3. The number of aryl methyl sites for hydroxylation is 3. The minimum atomic E-state index is -0.625. The maximum absolute atomic E-state index is 13.5. The molecular weight excluding hydrogens is 428 g/mol. The van der Waals surface area contributed by atoms with E-state index in [4.69, 9.17) is 0 Å². The number of H-pyrrole nitrogens is 1. The zero-order valence-corrected chi connectivity index (χ0v) is 20.6. The van der Waals surface area contributed by atoms with E-state index in [1.54, 1.807) is 19.3 Å². The maximum atomic E-state index is 13.5. The van der Waals surface area contributed by atoms with Gasteiger partial charge in [-0.3, -0.25) is 19.4 Å². The van der Waals surface area contributed by atoms with Gasteiger partial charge in [-0.15, -0.1) is 0 Å². The second-order valence-corrected chi connectivity index (χ2v) is 10.2. The van der Waals surface area contributed by atoms with Crippen molar-refractivity contribution >= 4 is 17.5 Å². The molecule has 3 N–H and O–H groups in total. The fraction of sp³-hybridized carbons (Fsp3) is 0.462. The fourth-order valence-electron chi connectivity index (χ4n) is 5.17. The van der Waals surface area contributed by atoms with Gasteiger partial charge >= 0.3 is 0 Å². The quantitative estimate of drug-likeness (QED) is 0.505. The predicted octanol–water partition coefficient (Wildman–Crippen LogP) is 4.38. The van der Waals surface area contributed by atoms with Crippen LogP contribution in [0.1, 0.15) is 61.4 Å². The Morgan fingerprint density at radius 1 is 1.18 bits per heavy atom. The number of benzene rings is 1. The van der Waals surface area contributed by atoms with Crippen LogP contribution in [0.3, 0.4) is 0 Å². The lowest BCUT2D eigenvalue weighted by molar-refractivity contribution is -0.119. The van der Waals surface area contributed by atoms with Crippen molar-refractivity contribution < 1.29 is 9.59 Å². The van der Waals surface area contributed by atoms with Crippen LogP contribution in [-0.2, 0) is 11.8 Å². The third kappa shape index (κ3) is 5.05. The van der Waals surface area contributed by atoms with Gasteiger partial charge in [-0.25, -0.2) is 0 Å². The van der Waals surface area contributed by atoms with Crippen LogP contribution in [0.5, 0.6) is 0 Å². The number of hydrogen-bond donors (Lipinski definition) is 3. The largest absolute Gasteiger partial charge is 0.339 e. The van der Waals surface area contributed by atoms with Gasteiger partial charge in [0.15, 0.2) is 0 Å². The molecule has 0 bridgehead atoms. The first-order valence-corrected chi connectivity index (χ1v) is 11.9. The van der Waals surface area contributed by atoms with E-state index < -0.39 is 6.04 Å². The smallest absolute Gasteiger partial charge is 0.270 e. The molecule has 2 aromatic heterocycles. The van der Waals surface area contributed by atoms with E-state index in [0.717, 1.165) is 48.2 Å². The number of nitrogens with zero attached hydrogens (tertiary/aromatic N) is 3. The molecule has 1 unspecified atom stereocenters. The summed E-state index contributed by atoms with van der Waals surface area (Å²) in [5, 5.41) is 17.4. The van der Waals surface area contributed by atoms with Crippen molar-refractivity contribution in [3.63, 3.8) is 0 Å². The average molecular weight is 463 g/mol. The number of carbonyl (C=O) groups excluding carboxylic acids is 2. The van der Waals surface area contributed by atoms with Gasteiger partial charge in [0.25, 0.3) is 5.91 Å². The van der Waals surface area contributed by atoms with Crippen LogP contribution in [0.15, 0.2) is 36.5 Å². The normalized spacial score (nSPS) is 18.3. The van der Waals surface area contributed by atoms with Crippen molar-refractivity contribution in [3.8, 4) is 11.1 Å². The second kappa shape index (κ2) is 9.44. The molecule has 0 aliphatic heterocycles. The van der Waals surface area contributed by atoms with Crippen molar-refractivity contribution in [1.29, 1.82) is 0 Å². The SMILES string of the molecule is Cc1n[nH]c(C)c1-c1ccc(NC(=O)[C@@H](NC(=O)c2ccnn2C)C2CCCC(C)(C)C2)cc1. The van der Waals surface area contributed by atoms with E-state index in [-0.39, 0.29) is 23.1 Å². The third-order valence-electron chi connectivity index (χ3n) is 6.91. The van der Waals surface area contributed by atoms with Crippen molar-refractivity contribution in [1.82, 2.24) is 25.3 Å². The third-order valence-corrected chi connectivity index (χ3v) is 6.91. The van der Waals surface area contributed by atoms with E-state index in [2.05, 4.69) is 39.8 Å². The number of amides is 2. The van der Waals surface area contributed by atoms with Crippen molar-refractivity contribution in [2.24, 2.45) is 18.4 Å². The monoisotopic (exact) mass is 462 g/mol. The van der Waals surface area contributed by atoms with Gasteiger partial charge in [0.05, 0.1) is 5.69 Å². The Bertz CT molecular complexity index is 1150. The first-order valence-electron chi connectivity index (χ1n) is 11.9. The van der Waals surface area contributed by atoms with Gasteiger partial charge in [-0.1, -0.05) is 32.4 Å². The number of aromatic nitrogens is 4. The van der Waals surface area contributed by atoms with Crippen LogP contribution >= 0.6 is 0 Å². The summed E-state index contributed by atoms with van der Waals surface area (Å²) in [7, 11) is 1.72. The molecule has 8 nitrogen and oxygen atoms in total. The number of carbonyl (C=O) groups is 2. The predicted molar refractivity (Wildman–Crippen MR) is 132 cm³/mol. The lowest BCUT2D eigenvalue weighted by Gasteiger charge is -2.38. The number of rotatable bonds is 6. The average Bonchev–Trinajstić information content (AvgIpc) is 3.36. The zero-order valence-electron chi connectivity index (χ0n) is 20.6. The Morgan fingerprint density at radius 2 is 1.91 bits per heavy atom. The van der Waals surface area contributed by atoms with Gasteiger partial charge in [0.1, 0.15) is 11.7 Å². The highest BCUT2D eigenvalue weighted by atomic mass is 16.2. The summed E-state index contributed by atoms with van der Waals surface area (Å²) < 4.78 is 1.52. The van der Waals surface area contributed by atoms with Crippen molar-refractivity contribution in [2.45, 2.75) is 59.4 Å². The Balaban J connectivity index is 1.54. The number of hydrogen-bond acceptors (Lipinski definition) is 4. The molecular formula is C26H34N6O2. The van der Waals surface area contributed by atoms with Crippen LogP contribution in [0.4, 0.5) is 5.69 Å². The lowest BCUT2D eigenvalue weighted by atomic mass is 9.70. The molecule has 2 atom stereocenters. The molecule has 1 fully saturated rings. The zero-order chi connectivity index (χ0) is 24.5. The summed E-state index contributed by atoms with van der Waals surface area (Å²) >= 11 is 0. The molecule has 4 rings (SSSR count). The Hall–Kier alpha value is -3.42. The lowest BCUT2D eigenvalue weighted by Crippen LogP contribution is -2.50. The molecule has 180 valence electrons. The first-order chi connectivity index (χ1) is 16.1. The Labute approximate surface area is 200 Å². The molecule has 0 radical (unpaired) electrons. The summed E-state index contributed by atoms with van der Waals surface area (Å²) in [6, 6.07) is 8.78. The molecule has 34 heavy (non-hydrogen) atoms. The molecule has 1 aliphatic rings. The number of aromatic amines is 1. The van der Waals surface area contributed by atoms with Crippen molar-refractivity contribution in [3.05, 3.63) is 53.6 Å². The van der Waals surface area contributed by atoms with Crippen LogP contribution in [-0.4, -0.2) is 37.8 Å². The summed E-state index contributed by atoms with van der Waals surface area (Å²) in [5.41, 5.74) is 5.32. The summed E-state index contributed by atoms with van der Waals surface area (Å²) in [6.07, 6.45) is 5.54. The van der Waals surface area contributed by atoms with Crippen LogP contribution in [0.25, 0.3) is 11.1 Å². The van der Waals surface area contributed by atoms with Crippen LogP contribution in [0, 0.1) is 25.2 Å². The van der Waals surface area contributed by atoms with Gasteiger partial charge in [-0.2, -0.15) is 10.2 Å². The fourth-order valence-corrected chi connectivity index (χ4v) is 5.17. The topological polar surface area (TPSA) is 105 Å². The standard InChI is InChI=1S/C26H34N6O2/c1-16-22(17(2)31-30-16)18-8-10-20(11-9-18)28-25(34)23(19-7-6-13-26(3,4)15-19)29-24(33)21-12-14-27-32(21)5/h8-12,14,19,23H,6-7,13,15H2,1-5H3,(H,28,34)(H,29,33)(H,30,31)/t19?,23-/m0/s1. The van der Waals surface area contributed by atoms with Gasteiger partial charge < -0.3 is 10.6 Å². The van der Waals surface area contributed by atoms with Gasteiger partial charge in [-0.05, 0) is 68.2 Å². The molecule has 1 saturated carbocycles. The van der Waals surface area contributed by atoms with Gasteiger partial charge in [0, 0.05) is 30.2 Å². The summed E-state index contributed by atoms with van der Waals surface area (Å²) in [6.45, 7) is 8.42. The van der Waals surface area contributed by atoms with Crippen molar-refractivity contribution in [2.75, 3.05) is 5.32 Å². The molecule has 1 aromatic carbocycles. The minimum absolute atomic E-state index is 0.0661. The minimum Gasteiger partial charge on any atom is -0.339 e. The van der Waals surface area contributed by atoms with E-state index in [9.17, 15) is 9.59 Å². The van der Waals surface area contributed by atoms with Crippen LogP contribution < -0.4 is 10.6 Å².